The van der Waals surface area contributed by atoms with Gasteiger partial charge in [-0.15, -0.1) is 0 Å². The van der Waals surface area contributed by atoms with Gasteiger partial charge in [0.05, 0.1) is 5.60 Å². The molecule has 0 saturated heterocycles. The van der Waals surface area contributed by atoms with Crippen molar-refractivity contribution in [2.45, 2.75) is 84.2 Å². The van der Waals surface area contributed by atoms with Crippen molar-refractivity contribution in [2.75, 3.05) is 6.61 Å². The van der Waals surface area contributed by atoms with Crippen LogP contribution in [0.4, 0.5) is 0 Å². The van der Waals surface area contributed by atoms with Gasteiger partial charge in [0.25, 0.3) is 0 Å². The smallest absolute Gasteiger partial charge is 0.0598 e. The Morgan fingerprint density at radius 3 is 2.35 bits per heavy atom. The Morgan fingerprint density at radius 2 is 1.61 bits per heavy atom. The Kier molecular flexibility index (Phi) is 7.62. The van der Waals surface area contributed by atoms with Crippen molar-refractivity contribution in [2.24, 2.45) is 11.8 Å². The average Bonchev–Trinajstić information content (AvgIpc) is 2.93. The molecule has 0 heterocycles. The summed E-state index contributed by atoms with van der Waals surface area (Å²) in [5.41, 5.74) is 1.55. The SMILES string of the molecule is CC(C)(C)OCCCCCCC1CCC(Cc2ccccc2)C1. The van der Waals surface area contributed by atoms with Crippen LogP contribution in [0.3, 0.4) is 0 Å². The van der Waals surface area contributed by atoms with Crippen LogP contribution in [0, 0.1) is 11.8 Å². The van der Waals surface area contributed by atoms with E-state index in [-0.39, 0.29) is 5.60 Å². The molecule has 2 unspecified atom stereocenters. The molecule has 0 radical (unpaired) electrons. The average molecular weight is 317 g/mol. The molecular weight excluding hydrogens is 280 g/mol. The van der Waals surface area contributed by atoms with Crippen LogP contribution < -0.4 is 0 Å². The summed E-state index contributed by atoms with van der Waals surface area (Å²) in [6.45, 7) is 7.34. The first-order valence-electron chi connectivity index (χ1n) is 9.71. The van der Waals surface area contributed by atoms with Gasteiger partial charge in [-0.3, -0.25) is 0 Å². The van der Waals surface area contributed by atoms with E-state index in [1.807, 2.05) is 0 Å². The molecule has 1 aromatic rings. The summed E-state index contributed by atoms with van der Waals surface area (Å²) in [4.78, 5) is 0. The van der Waals surface area contributed by atoms with Gasteiger partial charge in [-0.25, -0.2) is 0 Å². The molecule has 0 bridgehead atoms. The van der Waals surface area contributed by atoms with E-state index in [1.165, 1.54) is 63.4 Å². The zero-order valence-electron chi connectivity index (χ0n) is 15.5. The lowest BCUT2D eigenvalue weighted by Crippen LogP contribution is -2.19. The third-order valence-corrected chi connectivity index (χ3v) is 5.06. The molecule has 0 spiro atoms. The second kappa shape index (κ2) is 9.47. The first kappa shape index (κ1) is 18.5. The second-order valence-electron chi connectivity index (χ2n) is 8.40. The van der Waals surface area contributed by atoms with Crippen molar-refractivity contribution in [1.29, 1.82) is 0 Å². The molecule has 1 aromatic carbocycles. The van der Waals surface area contributed by atoms with Crippen molar-refractivity contribution in [3.8, 4) is 0 Å². The molecule has 1 aliphatic carbocycles. The highest BCUT2D eigenvalue weighted by atomic mass is 16.5. The fraction of sp³-hybridized carbons (Fsp3) is 0.727. The molecular formula is C22H36O. The Bertz CT molecular complexity index is 417. The third kappa shape index (κ3) is 8.01. The highest BCUT2D eigenvalue weighted by molar-refractivity contribution is 5.15. The standard InChI is InChI=1S/C22H36O/c1-22(2,3)23-16-10-5-4-7-13-20-14-15-21(18-20)17-19-11-8-6-9-12-19/h6,8-9,11-12,20-21H,4-5,7,10,13-18H2,1-3H3. The highest BCUT2D eigenvalue weighted by Crippen LogP contribution is 2.36. The zero-order valence-corrected chi connectivity index (χ0v) is 15.5. The van der Waals surface area contributed by atoms with E-state index in [2.05, 4.69) is 51.1 Å². The second-order valence-corrected chi connectivity index (χ2v) is 8.40. The number of unbranched alkanes of at least 4 members (excludes halogenated alkanes) is 3. The summed E-state index contributed by atoms with van der Waals surface area (Å²) in [7, 11) is 0. The molecule has 0 aromatic heterocycles. The Balaban J connectivity index is 1.49. The van der Waals surface area contributed by atoms with Crippen LogP contribution in [0.5, 0.6) is 0 Å². The monoisotopic (exact) mass is 316 g/mol. The topological polar surface area (TPSA) is 9.23 Å². The lowest BCUT2D eigenvalue weighted by molar-refractivity contribution is -0.00476. The number of benzene rings is 1. The first-order chi connectivity index (χ1) is 11.0. The summed E-state index contributed by atoms with van der Waals surface area (Å²) in [6, 6.07) is 11.0. The van der Waals surface area contributed by atoms with Crippen molar-refractivity contribution in [3.63, 3.8) is 0 Å². The van der Waals surface area contributed by atoms with E-state index >= 15 is 0 Å². The molecule has 1 fully saturated rings. The molecule has 2 rings (SSSR count). The predicted octanol–water partition coefficient (Wildman–Crippen LogP) is 6.41. The molecule has 2 atom stereocenters. The molecule has 0 aliphatic heterocycles. The summed E-state index contributed by atoms with van der Waals surface area (Å²) in [6.07, 6.45) is 12.5. The van der Waals surface area contributed by atoms with Gasteiger partial charge in [-0.05, 0) is 63.9 Å². The molecule has 1 aliphatic rings. The van der Waals surface area contributed by atoms with E-state index in [0.29, 0.717) is 0 Å². The van der Waals surface area contributed by atoms with Crippen molar-refractivity contribution in [3.05, 3.63) is 35.9 Å². The van der Waals surface area contributed by atoms with Gasteiger partial charge >= 0.3 is 0 Å². The Labute approximate surface area is 143 Å². The number of hydrogen-bond donors (Lipinski definition) is 0. The van der Waals surface area contributed by atoms with Crippen LogP contribution in [0.1, 0.15) is 77.7 Å². The van der Waals surface area contributed by atoms with Gasteiger partial charge < -0.3 is 4.74 Å². The van der Waals surface area contributed by atoms with E-state index in [9.17, 15) is 0 Å². The summed E-state index contributed by atoms with van der Waals surface area (Å²) >= 11 is 0. The molecule has 0 N–H and O–H groups in total. The maximum Gasteiger partial charge on any atom is 0.0598 e. The zero-order chi connectivity index (χ0) is 16.5. The minimum Gasteiger partial charge on any atom is -0.376 e. The van der Waals surface area contributed by atoms with Gasteiger partial charge in [0.15, 0.2) is 0 Å². The summed E-state index contributed by atoms with van der Waals surface area (Å²) < 4.78 is 5.78. The van der Waals surface area contributed by atoms with Crippen LogP contribution in [-0.2, 0) is 11.2 Å². The lowest BCUT2D eigenvalue weighted by Gasteiger charge is -2.19. The lowest BCUT2D eigenvalue weighted by atomic mass is 9.94. The van der Waals surface area contributed by atoms with Gasteiger partial charge in [0.2, 0.25) is 0 Å². The number of hydrogen-bond acceptors (Lipinski definition) is 1. The van der Waals surface area contributed by atoms with Gasteiger partial charge in [-0.2, -0.15) is 0 Å². The van der Waals surface area contributed by atoms with Crippen LogP contribution in [0.15, 0.2) is 30.3 Å². The van der Waals surface area contributed by atoms with Crippen LogP contribution in [0.2, 0.25) is 0 Å². The normalized spacial score (nSPS) is 21.7. The predicted molar refractivity (Wildman–Crippen MR) is 99.8 cm³/mol. The van der Waals surface area contributed by atoms with Crippen molar-refractivity contribution >= 4 is 0 Å². The Morgan fingerprint density at radius 1 is 0.913 bits per heavy atom. The highest BCUT2D eigenvalue weighted by Gasteiger charge is 2.24. The minimum atomic E-state index is 0.0254. The largest absolute Gasteiger partial charge is 0.376 e. The van der Waals surface area contributed by atoms with Gasteiger partial charge in [0.1, 0.15) is 0 Å². The molecule has 1 heteroatoms. The van der Waals surface area contributed by atoms with Gasteiger partial charge in [0, 0.05) is 6.61 Å². The van der Waals surface area contributed by atoms with Crippen molar-refractivity contribution in [1.82, 2.24) is 0 Å². The number of rotatable bonds is 9. The first-order valence-corrected chi connectivity index (χ1v) is 9.71. The quantitative estimate of drug-likeness (QED) is 0.478. The maximum atomic E-state index is 5.78. The van der Waals surface area contributed by atoms with Crippen LogP contribution in [0.25, 0.3) is 0 Å². The van der Waals surface area contributed by atoms with E-state index in [1.54, 1.807) is 0 Å². The third-order valence-electron chi connectivity index (χ3n) is 5.06. The minimum absolute atomic E-state index is 0.0254. The molecule has 1 saturated carbocycles. The summed E-state index contributed by atoms with van der Waals surface area (Å²) in [5, 5.41) is 0. The van der Waals surface area contributed by atoms with Crippen molar-refractivity contribution < 1.29 is 4.74 Å². The molecule has 0 amide bonds. The maximum absolute atomic E-state index is 5.78. The van der Waals surface area contributed by atoms with Crippen LogP contribution in [-0.4, -0.2) is 12.2 Å². The fourth-order valence-electron chi connectivity index (χ4n) is 3.84. The van der Waals surface area contributed by atoms with E-state index in [0.717, 1.165) is 18.4 Å². The molecule has 23 heavy (non-hydrogen) atoms. The van der Waals surface area contributed by atoms with Gasteiger partial charge in [-0.1, -0.05) is 62.4 Å². The molecule has 1 nitrogen and oxygen atoms in total. The molecule has 130 valence electrons. The van der Waals surface area contributed by atoms with Crippen LogP contribution >= 0.6 is 0 Å². The summed E-state index contributed by atoms with van der Waals surface area (Å²) in [5.74, 6) is 1.93. The Hall–Kier alpha value is -0.820. The van der Waals surface area contributed by atoms with E-state index in [4.69, 9.17) is 4.74 Å². The van der Waals surface area contributed by atoms with E-state index < -0.39 is 0 Å². The fourth-order valence-corrected chi connectivity index (χ4v) is 3.84. The number of ether oxygens (including phenoxy) is 1.